The van der Waals surface area contributed by atoms with E-state index in [4.69, 9.17) is 72.6 Å². The van der Waals surface area contributed by atoms with Gasteiger partial charge in [0.2, 0.25) is 53.9 Å². The van der Waals surface area contributed by atoms with Gasteiger partial charge in [-0.2, -0.15) is 0 Å². The Morgan fingerprint density at radius 1 is 0.680 bits per heavy atom. The summed E-state index contributed by atoms with van der Waals surface area (Å²) in [5.41, 5.74) is 9.84. The number of ether oxygens (including phenoxy) is 8. The minimum atomic E-state index is -2.34. The van der Waals surface area contributed by atoms with Crippen molar-refractivity contribution in [2.24, 2.45) is 17.4 Å². The van der Waals surface area contributed by atoms with Gasteiger partial charge in [-0.05, 0) is 123 Å². The molecule has 694 valence electrons. The summed E-state index contributed by atoms with van der Waals surface area (Å²) >= 11 is 14.5. The van der Waals surface area contributed by atoms with Gasteiger partial charge in [-0.3, -0.25) is 43.4 Å². The predicted molar refractivity (Wildman–Crippen MR) is 453 cm³/mol. The molecule has 128 heavy (non-hydrogen) atoms. The van der Waals surface area contributed by atoms with E-state index in [9.17, 15) is 85.3 Å². The molecule has 0 aliphatic carbocycles. The number of primary amides is 1. The lowest BCUT2D eigenvalue weighted by molar-refractivity contribution is -0.350. The first kappa shape index (κ1) is 96.8. The second-order valence-corrected chi connectivity index (χ2v) is 34.0. The summed E-state index contributed by atoms with van der Waals surface area (Å²) in [6.45, 7) is 11.8. The number of carboxylic acids is 1. The van der Waals surface area contributed by atoms with Gasteiger partial charge in [0, 0.05) is 87.1 Å². The number of rotatable bonds is 24. The van der Waals surface area contributed by atoms with Crippen LogP contribution in [0.4, 0.5) is 0 Å². The van der Waals surface area contributed by atoms with E-state index in [1.165, 1.54) is 63.7 Å². The number of carbonyl (C=O) groups is 8. The molecule has 0 radical (unpaired) electrons. The fourth-order valence-corrected chi connectivity index (χ4v) is 16.7. The Hall–Kier alpha value is -10.3. The number of fused-ring (bicyclic) bond motifs is 16. The maximum absolute atomic E-state index is 16.0. The van der Waals surface area contributed by atoms with E-state index in [0.717, 1.165) is 81.3 Å². The highest BCUT2D eigenvalue weighted by atomic mass is 35.5. The smallest absolute Gasteiger partial charge is 0.330 e. The highest BCUT2D eigenvalue weighted by molar-refractivity contribution is 6.32. The van der Waals surface area contributed by atoms with E-state index < -0.39 is 267 Å². The number of aromatic hydroxyl groups is 3. The number of nitrogens with one attached hydrogen (secondary N) is 8. The van der Waals surface area contributed by atoms with Gasteiger partial charge in [0.05, 0.1) is 47.4 Å². The van der Waals surface area contributed by atoms with Crippen molar-refractivity contribution in [1.29, 1.82) is 0 Å². The van der Waals surface area contributed by atoms with Crippen molar-refractivity contribution in [1.82, 2.24) is 52.3 Å². The number of aliphatic carboxylic acids is 1. The van der Waals surface area contributed by atoms with Crippen molar-refractivity contribution in [3.63, 3.8) is 0 Å². The van der Waals surface area contributed by atoms with Crippen LogP contribution in [-0.2, 0) is 68.6 Å². The van der Waals surface area contributed by atoms with E-state index >= 15 is 14.4 Å². The van der Waals surface area contributed by atoms with Gasteiger partial charge in [0.15, 0.2) is 30.1 Å². The number of aliphatic hydroxyl groups is 8. The van der Waals surface area contributed by atoms with Gasteiger partial charge < -0.3 is 153 Å². The number of nitrogens with zero attached hydrogens (tertiary/aromatic N) is 2. The zero-order valence-corrected chi connectivity index (χ0v) is 71.9. The molecule has 42 heteroatoms. The van der Waals surface area contributed by atoms with Crippen LogP contribution >= 0.6 is 23.2 Å². The number of amides is 7. The summed E-state index contributed by atoms with van der Waals surface area (Å²) in [6, 6.07) is 11.2. The molecule has 0 saturated carbocycles. The van der Waals surface area contributed by atoms with Crippen molar-refractivity contribution >= 4 is 71.0 Å². The van der Waals surface area contributed by atoms with Crippen molar-refractivity contribution in [2.45, 2.75) is 200 Å². The summed E-state index contributed by atoms with van der Waals surface area (Å²) in [4.78, 5) is 121. The standard InChI is InChI=1S/C86H108Cl2N12O28/c1-38(2)24-51(91-6)78(114)98-66-68(107)43-13-16-55(49(87)26-43)122-57-28-45-29-58(75(57)127-85-73(112)71(110)76(60(36-101)125-85)128-84-72(111)70(109)69(108)59(124-84)34-92-18-19-99-20-22-100(23-21-99)35-41-10-8-7-9-11-41)123-56-17-14-44(27-50(56)88)74(126-62-33-86(5,90)77(113)40(4)121-62)67(93-37-102)82(118)97-65(83(119)120)48-30-46(103)31-54(105)63(48)47-25-42(12-15-53(47)104)39(3)94-80(116)64(45)96-79(115)52(32-61(89)106)95-81(66)117/h7-17,25-31,37-40,51-52,59-60,62,64-74,76-77,84-85,91-92,101,103-105,107-113H,18-24,32-36,90H2,1-6H3,(H2,89,106)(H,93,102)(H,94,116)(H,95,117)(H,96,115)(H,97,118)(H,98,114)(H,119,120)/t39-,40-,51+,52-,59+,60+,62?,64+,65+,66?,67-,68+,69-,70-,71+,72+,73+,74+,76+,77-,84-,85-,86-/m0/s1. The van der Waals surface area contributed by atoms with E-state index in [1.54, 1.807) is 0 Å². The summed E-state index contributed by atoms with van der Waals surface area (Å²) in [7, 11) is 1.48. The molecule has 4 saturated heterocycles. The first-order valence-electron chi connectivity index (χ1n) is 41.5. The number of benzene rings is 6. The third-order valence-electron chi connectivity index (χ3n) is 23.3. The molecule has 7 amide bonds. The first-order chi connectivity index (χ1) is 60.8. The number of halogens is 2. The summed E-state index contributed by atoms with van der Waals surface area (Å²) in [6.07, 6.45) is -28.3. The topological polar surface area (TPSA) is 608 Å². The molecule has 14 rings (SSSR count). The maximum Gasteiger partial charge on any atom is 0.330 e. The summed E-state index contributed by atoms with van der Waals surface area (Å²) in [5.74, 6) is -14.4. The number of likely N-dealkylation sites (N-methyl/N-ethyl adjacent to an activating group) is 1. The van der Waals surface area contributed by atoms with Crippen LogP contribution in [0.5, 0.6) is 46.0 Å². The number of phenolic OH excluding ortho intramolecular Hbond substituents is 3. The highest BCUT2D eigenvalue weighted by Gasteiger charge is 2.53. The quantitative estimate of drug-likeness (QED) is 0.0280. The zero-order valence-electron chi connectivity index (χ0n) is 70.4. The zero-order chi connectivity index (χ0) is 92.6. The lowest BCUT2D eigenvalue weighted by atomic mass is 9.86. The second kappa shape index (κ2) is 42.1. The summed E-state index contributed by atoms with van der Waals surface area (Å²) in [5, 5.41) is 160. The average molecular weight is 1830 g/mol. The summed E-state index contributed by atoms with van der Waals surface area (Å²) < 4.78 is 51.2. The van der Waals surface area contributed by atoms with Crippen LogP contribution in [0.2, 0.25) is 10.0 Å². The van der Waals surface area contributed by atoms with E-state index in [-0.39, 0.29) is 54.2 Å². The lowest BCUT2D eigenvalue weighted by Crippen LogP contribution is -2.65. The number of carbonyl (C=O) groups excluding carboxylic acids is 7. The van der Waals surface area contributed by atoms with Gasteiger partial charge in [-0.1, -0.05) is 85.6 Å². The van der Waals surface area contributed by atoms with E-state index in [0.29, 0.717) is 13.1 Å². The molecule has 24 N–H and O–H groups in total. The van der Waals surface area contributed by atoms with Crippen molar-refractivity contribution in [3.05, 3.63) is 153 Å². The molecule has 23 atom stereocenters. The molecule has 2 unspecified atom stereocenters. The largest absolute Gasteiger partial charge is 0.508 e. The number of piperazine rings is 1. The molecule has 8 heterocycles. The molecule has 4 fully saturated rings. The number of hydrogen-bond donors (Lipinski definition) is 22. The van der Waals surface area contributed by atoms with Crippen LogP contribution < -0.4 is 68.2 Å². The molecule has 8 aliphatic heterocycles. The van der Waals surface area contributed by atoms with Gasteiger partial charge >= 0.3 is 5.97 Å². The molecule has 40 nitrogen and oxygen atoms in total. The minimum Gasteiger partial charge on any atom is -0.508 e. The van der Waals surface area contributed by atoms with Gasteiger partial charge in [-0.25, -0.2) is 4.79 Å². The van der Waals surface area contributed by atoms with E-state index in [1.807, 2.05) is 32.0 Å². The highest BCUT2D eigenvalue weighted by Crippen LogP contribution is 2.50. The van der Waals surface area contributed by atoms with Crippen LogP contribution in [0.25, 0.3) is 11.1 Å². The molecule has 6 aromatic carbocycles. The first-order valence-corrected chi connectivity index (χ1v) is 42.3. The maximum atomic E-state index is 16.0. The molecule has 9 bridgehead atoms. The Labute approximate surface area is 744 Å². The molecule has 0 aromatic heterocycles. The Balaban J connectivity index is 0.988. The van der Waals surface area contributed by atoms with Gasteiger partial charge in [0.25, 0.3) is 0 Å². The molecule has 6 aromatic rings. The van der Waals surface area contributed by atoms with Crippen molar-refractivity contribution in [2.75, 3.05) is 59.5 Å². The van der Waals surface area contributed by atoms with Crippen LogP contribution in [0.3, 0.4) is 0 Å². The second-order valence-electron chi connectivity index (χ2n) is 33.2. The fourth-order valence-electron chi connectivity index (χ4n) is 16.3. The van der Waals surface area contributed by atoms with E-state index in [2.05, 4.69) is 64.5 Å². The monoisotopic (exact) mass is 1830 g/mol. The number of aliphatic hydroxyl groups excluding tert-OH is 8. The Morgan fingerprint density at radius 3 is 1.94 bits per heavy atom. The van der Waals surface area contributed by atoms with Gasteiger partial charge in [-0.15, -0.1) is 0 Å². The van der Waals surface area contributed by atoms with Crippen molar-refractivity contribution < 1.29 is 138 Å². The molecular weight excluding hydrogens is 1720 g/mol. The molecule has 0 spiro atoms. The van der Waals surface area contributed by atoms with Crippen LogP contribution in [0, 0.1) is 5.92 Å². The third kappa shape index (κ3) is 22.6. The molecular formula is C86H108Cl2N12O28. The lowest BCUT2D eigenvalue weighted by Gasteiger charge is -2.46. The Morgan fingerprint density at radius 2 is 1.31 bits per heavy atom. The number of hydrogen-bond acceptors (Lipinski definition) is 32. The minimum absolute atomic E-state index is 0.00777. The average Bonchev–Trinajstić information content (AvgIpc) is 0.769. The number of carboxylic acid groups (broad SMARTS) is 1. The fraction of sp³-hybridized carbons (Fsp3) is 0.488. The number of nitrogens with two attached hydrogens (primary N) is 2. The van der Waals surface area contributed by atoms with Crippen LogP contribution in [-0.4, -0.2) is 288 Å². The van der Waals surface area contributed by atoms with Crippen LogP contribution in [0.15, 0.2) is 109 Å². The normalized spacial score (nSPS) is 30.0. The molecule has 8 aliphatic rings. The van der Waals surface area contributed by atoms with Gasteiger partial charge in [0.1, 0.15) is 114 Å². The third-order valence-corrected chi connectivity index (χ3v) is 23.9. The SMILES string of the molecule is CN[C@H](CC(C)C)C(=O)NC1C(=O)N[C@@H](CC(N)=O)C(=O)N[C@H]2C(=O)N[C@@H](C)c3ccc(O)c(c3)-c3c(O)cc(O)cc3[C@H](C(=O)O)NC(=O)[C@@H](NC=O)[C@H](OC3C[C@](C)(N)[C@@H](O)[C@H](C)O3)c3ccc(c(Cl)c3)Oc3cc2cc(c3O[C@@H]2O[C@H](CO)[C@@H](O[C@@H]3O[C@H](CNCCN4CCN(Cc5ccccc5)CC4)[C@H](O)[C@H](O)[C@H]3O)[C@H](O)[C@H]2O)Oc2ccc(cc2Cl)[C@H]1O. The Bertz CT molecular complexity index is 4980. The predicted octanol–water partition coefficient (Wildman–Crippen LogP) is -0.0184. The van der Waals surface area contributed by atoms with Crippen molar-refractivity contribution in [3.8, 4) is 57.1 Å². The Kier molecular flexibility index (Phi) is 31.8. The number of phenols is 3. The van der Waals surface area contributed by atoms with Crippen LogP contribution in [0.1, 0.15) is 118 Å².